The molecule has 0 saturated carbocycles. The van der Waals surface area contributed by atoms with Gasteiger partial charge in [0.05, 0.1) is 0 Å². The first kappa shape index (κ1) is 15.4. The molecule has 1 atom stereocenters. The maximum atomic E-state index is 13.9. The molecular weight excluding hydrogens is 279 g/mol. The van der Waals surface area contributed by atoms with Crippen molar-refractivity contribution in [2.75, 3.05) is 6.54 Å². The zero-order chi connectivity index (χ0) is 14.8. The van der Waals surface area contributed by atoms with Crippen molar-refractivity contribution in [2.45, 2.75) is 50.1 Å². The minimum absolute atomic E-state index is 0.0940. The van der Waals surface area contributed by atoms with Gasteiger partial charge in [0.15, 0.2) is 0 Å². The molecule has 6 heteroatoms. The maximum Gasteiger partial charge on any atom is 0.246 e. The molecule has 0 aromatic heterocycles. The number of hydrogen-bond acceptors (Lipinski definition) is 3. The number of nitrogens with two attached hydrogens (primary N) is 1. The lowest BCUT2D eigenvalue weighted by molar-refractivity contribution is 0.340. The molecule has 0 bridgehead atoms. The Balaban J connectivity index is 2.43. The van der Waals surface area contributed by atoms with E-state index >= 15 is 0 Å². The smallest absolute Gasteiger partial charge is 0.246 e. The SMILES string of the molecule is CC1CCCCCN1S(=O)(=O)c1cc(CN)ccc1F. The van der Waals surface area contributed by atoms with Crippen LogP contribution in [0.3, 0.4) is 0 Å². The van der Waals surface area contributed by atoms with Crippen molar-refractivity contribution in [3.63, 3.8) is 0 Å². The highest BCUT2D eigenvalue weighted by Crippen LogP contribution is 2.26. The van der Waals surface area contributed by atoms with Crippen LogP contribution >= 0.6 is 0 Å². The molecule has 4 nitrogen and oxygen atoms in total. The molecule has 0 radical (unpaired) electrons. The highest BCUT2D eigenvalue weighted by Gasteiger charge is 2.32. The van der Waals surface area contributed by atoms with Crippen molar-refractivity contribution in [1.82, 2.24) is 4.31 Å². The molecule has 1 aromatic carbocycles. The molecule has 1 aromatic rings. The van der Waals surface area contributed by atoms with E-state index in [1.807, 2.05) is 6.92 Å². The van der Waals surface area contributed by atoms with Gasteiger partial charge in [-0.3, -0.25) is 0 Å². The fourth-order valence-corrected chi connectivity index (χ4v) is 4.42. The Bertz CT molecular complexity index is 575. The zero-order valence-corrected chi connectivity index (χ0v) is 12.5. The standard InChI is InChI=1S/C14H21FN2O2S/c1-11-5-3-2-4-8-17(11)20(18,19)14-9-12(10-16)6-7-13(14)15/h6-7,9,11H,2-5,8,10,16H2,1H3. The first-order chi connectivity index (χ1) is 9.46. The zero-order valence-electron chi connectivity index (χ0n) is 11.7. The first-order valence-corrected chi connectivity index (χ1v) is 8.41. The van der Waals surface area contributed by atoms with Crippen LogP contribution in [0.2, 0.25) is 0 Å². The monoisotopic (exact) mass is 300 g/mol. The molecule has 1 aliphatic heterocycles. The van der Waals surface area contributed by atoms with Gasteiger partial charge in [0, 0.05) is 19.1 Å². The molecule has 0 amide bonds. The summed E-state index contributed by atoms with van der Waals surface area (Å²) in [6.45, 7) is 2.53. The maximum absolute atomic E-state index is 13.9. The third kappa shape index (κ3) is 3.02. The summed E-state index contributed by atoms with van der Waals surface area (Å²) in [5.41, 5.74) is 6.13. The summed E-state index contributed by atoms with van der Waals surface area (Å²) in [6.07, 6.45) is 3.67. The topological polar surface area (TPSA) is 63.4 Å². The van der Waals surface area contributed by atoms with Crippen molar-refractivity contribution in [2.24, 2.45) is 5.73 Å². The van der Waals surface area contributed by atoms with Crippen molar-refractivity contribution >= 4 is 10.0 Å². The van der Waals surface area contributed by atoms with E-state index in [-0.39, 0.29) is 17.5 Å². The van der Waals surface area contributed by atoms with E-state index in [1.54, 1.807) is 0 Å². The van der Waals surface area contributed by atoms with E-state index in [1.165, 1.54) is 22.5 Å². The highest BCUT2D eigenvalue weighted by molar-refractivity contribution is 7.89. The highest BCUT2D eigenvalue weighted by atomic mass is 32.2. The van der Waals surface area contributed by atoms with Crippen molar-refractivity contribution < 1.29 is 12.8 Å². The Labute approximate surface area is 119 Å². The summed E-state index contributed by atoms with van der Waals surface area (Å²) >= 11 is 0. The molecule has 2 rings (SSSR count). The van der Waals surface area contributed by atoms with Crippen LogP contribution in [0.25, 0.3) is 0 Å². The number of nitrogens with zero attached hydrogens (tertiary/aromatic N) is 1. The van der Waals surface area contributed by atoms with Crippen LogP contribution in [-0.2, 0) is 16.6 Å². The van der Waals surface area contributed by atoms with E-state index < -0.39 is 15.8 Å². The van der Waals surface area contributed by atoms with Gasteiger partial charge in [-0.1, -0.05) is 18.9 Å². The Kier molecular flexibility index (Phi) is 4.78. The Morgan fingerprint density at radius 3 is 2.80 bits per heavy atom. The van der Waals surface area contributed by atoms with E-state index in [0.717, 1.165) is 25.7 Å². The lowest BCUT2D eigenvalue weighted by Crippen LogP contribution is -2.38. The van der Waals surface area contributed by atoms with Crippen LogP contribution in [0.1, 0.15) is 38.2 Å². The van der Waals surface area contributed by atoms with Crippen molar-refractivity contribution in [3.8, 4) is 0 Å². The molecule has 1 fully saturated rings. The fourth-order valence-electron chi connectivity index (χ4n) is 2.60. The molecule has 0 aliphatic carbocycles. The second kappa shape index (κ2) is 6.20. The van der Waals surface area contributed by atoms with Crippen LogP contribution in [0.15, 0.2) is 23.1 Å². The average Bonchev–Trinajstić information content (AvgIpc) is 2.64. The molecule has 1 heterocycles. The Morgan fingerprint density at radius 1 is 1.35 bits per heavy atom. The third-order valence-electron chi connectivity index (χ3n) is 3.81. The van der Waals surface area contributed by atoms with Gasteiger partial charge < -0.3 is 5.73 Å². The van der Waals surface area contributed by atoms with Gasteiger partial charge in [-0.2, -0.15) is 4.31 Å². The lowest BCUT2D eigenvalue weighted by atomic mass is 10.1. The number of halogens is 1. The second-order valence-corrected chi connectivity index (χ2v) is 7.14. The summed E-state index contributed by atoms with van der Waals surface area (Å²) in [5.74, 6) is -0.710. The molecule has 112 valence electrons. The summed E-state index contributed by atoms with van der Waals surface area (Å²) in [4.78, 5) is -0.255. The molecule has 1 aliphatic rings. The van der Waals surface area contributed by atoms with Crippen molar-refractivity contribution in [1.29, 1.82) is 0 Å². The van der Waals surface area contributed by atoms with Crippen LogP contribution in [-0.4, -0.2) is 25.3 Å². The predicted octanol–water partition coefficient (Wildman–Crippen LogP) is 2.24. The normalized spacial score (nSPS) is 21.6. The molecule has 0 spiro atoms. The summed E-state index contributed by atoms with van der Waals surface area (Å²) in [6, 6.07) is 3.95. The number of sulfonamides is 1. The molecule has 1 unspecified atom stereocenters. The molecule has 20 heavy (non-hydrogen) atoms. The van der Waals surface area contributed by atoms with Crippen LogP contribution in [0.4, 0.5) is 4.39 Å². The summed E-state index contributed by atoms with van der Waals surface area (Å²) < 4.78 is 40.7. The van der Waals surface area contributed by atoms with Crippen LogP contribution in [0.5, 0.6) is 0 Å². The second-order valence-electron chi connectivity index (χ2n) is 5.28. The van der Waals surface area contributed by atoms with E-state index in [4.69, 9.17) is 5.73 Å². The lowest BCUT2D eigenvalue weighted by Gasteiger charge is -2.26. The van der Waals surface area contributed by atoms with Gasteiger partial charge >= 0.3 is 0 Å². The predicted molar refractivity (Wildman–Crippen MR) is 76.1 cm³/mol. The third-order valence-corrected chi connectivity index (χ3v) is 5.84. The molecular formula is C14H21FN2O2S. The molecule has 2 N–H and O–H groups in total. The Hall–Kier alpha value is -0.980. The van der Waals surface area contributed by atoms with Crippen molar-refractivity contribution in [3.05, 3.63) is 29.6 Å². The summed E-state index contributed by atoms with van der Waals surface area (Å²) in [5, 5.41) is 0. The van der Waals surface area contributed by atoms with E-state index in [9.17, 15) is 12.8 Å². The number of benzene rings is 1. The van der Waals surface area contributed by atoms with Crippen LogP contribution in [0, 0.1) is 5.82 Å². The van der Waals surface area contributed by atoms with Gasteiger partial charge in [-0.25, -0.2) is 12.8 Å². The minimum Gasteiger partial charge on any atom is -0.326 e. The van der Waals surface area contributed by atoms with Gasteiger partial charge in [-0.05, 0) is 37.5 Å². The van der Waals surface area contributed by atoms with E-state index in [0.29, 0.717) is 12.1 Å². The summed E-state index contributed by atoms with van der Waals surface area (Å²) in [7, 11) is -3.80. The van der Waals surface area contributed by atoms with Gasteiger partial charge in [-0.15, -0.1) is 0 Å². The number of rotatable bonds is 3. The van der Waals surface area contributed by atoms with Gasteiger partial charge in [0.1, 0.15) is 10.7 Å². The minimum atomic E-state index is -3.80. The van der Waals surface area contributed by atoms with E-state index in [2.05, 4.69) is 0 Å². The van der Waals surface area contributed by atoms with Gasteiger partial charge in [0.2, 0.25) is 10.0 Å². The number of hydrogen-bond donors (Lipinski definition) is 1. The Morgan fingerprint density at radius 2 is 2.10 bits per heavy atom. The quantitative estimate of drug-likeness (QED) is 0.931. The first-order valence-electron chi connectivity index (χ1n) is 6.97. The van der Waals surface area contributed by atoms with Crippen LogP contribution < -0.4 is 5.73 Å². The average molecular weight is 300 g/mol. The fraction of sp³-hybridized carbons (Fsp3) is 0.571. The largest absolute Gasteiger partial charge is 0.326 e. The molecule has 1 saturated heterocycles. The van der Waals surface area contributed by atoms with Gasteiger partial charge in [0.25, 0.3) is 0 Å².